The van der Waals surface area contributed by atoms with Gasteiger partial charge in [-0.05, 0) is 6.92 Å². The van der Waals surface area contributed by atoms with Gasteiger partial charge in [0.2, 0.25) is 0 Å². The minimum atomic E-state index is -0.476. The number of carbonyl (C=O) groups excluding carboxylic acids is 1. The number of methoxy groups -OCH3 is 1. The molecule has 0 aromatic carbocycles. The molecule has 1 heterocycles. The van der Waals surface area contributed by atoms with Crippen molar-refractivity contribution in [2.24, 2.45) is 0 Å². The molecule has 0 saturated carbocycles. The Morgan fingerprint density at radius 2 is 2.36 bits per heavy atom. The van der Waals surface area contributed by atoms with Crippen molar-refractivity contribution in [3.05, 3.63) is 12.4 Å². The Kier molecular flexibility index (Phi) is 3.22. The van der Waals surface area contributed by atoms with Gasteiger partial charge in [0.25, 0.3) is 0 Å². The van der Waals surface area contributed by atoms with Crippen LogP contribution >= 0.6 is 0 Å². The molecule has 1 rings (SSSR count). The summed E-state index contributed by atoms with van der Waals surface area (Å²) in [5.74, 6) is 0.379. The Morgan fingerprint density at radius 1 is 1.64 bits per heavy atom. The molecule has 3 N–H and O–H groups in total. The number of esters is 1. The summed E-state index contributed by atoms with van der Waals surface area (Å²) in [6.45, 7) is 1.66. The summed E-state index contributed by atoms with van der Waals surface area (Å²) < 4.78 is 4.53. The Morgan fingerprint density at radius 3 is 2.93 bits per heavy atom. The maximum absolute atomic E-state index is 11.0. The summed E-state index contributed by atoms with van der Waals surface area (Å²) in [5.41, 5.74) is 5.41. The molecule has 1 unspecified atom stereocenters. The van der Waals surface area contributed by atoms with Crippen LogP contribution in [0, 0.1) is 0 Å². The Labute approximate surface area is 81.5 Å². The van der Waals surface area contributed by atoms with E-state index in [9.17, 15) is 4.79 Å². The lowest BCUT2D eigenvalue weighted by Gasteiger charge is -2.11. The lowest BCUT2D eigenvalue weighted by molar-refractivity contribution is -0.141. The number of nitrogens with one attached hydrogen (secondary N) is 1. The molecule has 0 fully saturated rings. The fraction of sp³-hybridized carbons (Fsp3) is 0.375. The van der Waals surface area contributed by atoms with Gasteiger partial charge in [-0.1, -0.05) is 0 Å². The first kappa shape index (κ1) is 10.2. The first-order chi connectivity index (χ1) is 6.63. The van der Waals surface area contributed by atoms with E-state index >= 15 is 0 Å². The number of carbonyl (C=O) groups is 1. The summed E-state index contributed by atoms with van der Waals surface area (Å²) >= 11 is 0. The fourth-order valence-electron chi connectivity index (χ4n) is 0.908. The number of nitrogens with zero attached hydrogens (tertiary/aromatic N) is 2. The van der Waals surface area contributed by atoms with Crippen LogP contribution in [0.4, 0.5) is 11.6 Å². The number of hydrogen-bond donors (Lipinski definition) is 2. The summed E-state index contributed by atoms with van der Waals surface area (Å²) in [5, 5.41) is 2.81. The van der Waals surface area contributed by atoms with Crippen molar-refractivity contribution in [1.29, 1.82) is 0 Å². The predicted molar refractivity (Wildman–Crippen MR) is 51.5 cm³/mol. The lowest BCUT2D eigenvalue weighted by Crippen LogP contribution is -2.27. The van der Waals surface area contributed by atoms with E-state index in [1.54, 1.807) is 6.92 Å². The van der Waals surface area contributed by atoms with Crippen molar-refractivity contribution < 1.29 is 9.53 Å². The average molecular weight is 196 g/mol. The molecular weight excluding hydrogens is 184 g/mol. The van der Waals surface area contributed by atoms with Gasteiger partial charge >= 0.3 is 5.97 Å². The van der Waals surface area contributed by atoms with Gasteiger partial charge in [0.05, 0.1) is 19.5 Å². The minimum absolute atomic E-state index is 0.298. The molecule has 0 amide bonds. The van der Waals surface area contributed by atoms with Crippen LogP contribution in [-0.4, -0.2) is 29.1 Å². The molecule has 0 spiro atoms. The van der Waals surface area contributed by atoms with Crippen molar-refractivity contribution in [3.8, 4) is 0 Å². The number of nitrogen functional groups attached to an aromatic ring is 1. The van der Waals surface area contributed by atoms with Crippen molar-refractivity contribution in [3.63, 3.8) is 0 Å². The third kappa shape index (κ3) is 2.58. The summed E-state index contributed by atoms with van der Waals surface area (Å²) in [6.07, 6.45) is 2.91. The van der Waals surface area contributed by atoms with Crippen molar-refractivity contribution in [2.45, 2.75) is 13.0 Å². The Hall–Kier alpha value is -1.85. The van der Waals surface area contributed by atoms with Gasteiger partial charge in [-0.15, -0.1) is 0 Å². The molecule has 14 heavy (non-hydrogen) atoms. The highest BCUT2D eigenvalue weighted by Gasteiger charge is 2.12. The largest absolute Gasteiger partial charge is 0.467 e. The van der Waals surface area contributed by atoms with Crippen LogP contribution in [0.1, 0.15) is 6.92 Å². The number of rotatable bonds is 3. The van der Waals surface area contributed by atoms with E-state index in [4.69, 9.17) is 5.73 Å². The first-order valence-electron chi connectivity index (χ1n) is 4.05. The molecule has 6 heteroatoms. The van der Waals surface area contributed by atoms with Crippen molar-refractivity contribution in [1.82, 2.24) is 9.97 Å². The minimum Gasteiger partial charge on any atom is -0.467 e. The maximum atomic E-state index is 11.0. The van der Waals surface area contributed by atoms with Crippen LogP contribution in [0.25, 0.3) is 0 Å². The van der Waals surface area contributed by atoms with E-state index in [1.165, 1.54) is 19.5 Å². The molecule has 0 aliphatic rings. The lowest BCUT2D eigenvalue weighted by atomic mass is 10.3. The van der Waals surface area contributed by atoms with Gasteiger partial charge in [0, 0.05) is 0 Å². The molecule has 0 saturated heterocycles. The van der Waals surface area contributed by atoms with Gasteiger partial charge < -0.3 is 15.8 Å². The van der Waals surface area contributed by atoms with Crippen LogP contribution in [-0.2, 0) is 9.53 Å². The van der Waals surface area contributed by atoms with E-state index in [0.717, 1.165) is 0 Å². The van der Waals surface area contributed by atoms with E-state index in [-0.39, 0.29) is 5.97 Å². The van der Waals surface area contributed by atoms with Gasteiger partial charge in [-0.25, -0.2) is 9.78 Å². The third-order valence-corrected chi connectivity index (χ3v) is 1.57. The highest BCUT2D eigenvalue weighted by Crippen LogP contribution is 2.05. The molecule has 76 valence electrons. The molecule has 1 aromatic heterocycles. The molecule has 1 aromatic rings. The highest BCUT2D eigenvalue weighted by atomic mass is 16.5. The van der Waals surface area contributed by atoms with Crippen LogP contribution in [0.5, 0.6) is 0 Å². The van der Waals surface area contributed by atoms with E-state index in [1.807, 2.05) is 0 Å². The van der Waals surface area contributed by atoms with E-state index in [2.05, 4.69) is 20.0 Å². The predicted octanol–water partition coefficient (Wildman–Crippen LogP) is 0.0322. The van der Waals surface area contributed by atoms with Crippen molar-refractivity contribution >= 4 is 17.6 Å². The average Bonchev–Trinajstić information content (AvgIpc) is 2.16. The zero-order chi connectivity index (χ0) is 10.6. The van der Waals surface area contributed by atoms with Gasteiger partial charge in [-0.3, -0.25) is 4.98 Å². The smallest absolute Gasteiger partial charge is 0.328 e. The van der Waals surface area contributed by atoms with Gasteiger partial charge in [-0.2, -0.15) is 0 Å². The molecule has 0 radical (unpaired) electrons. The van der Waals surface area contributed by atoms with Crippen LogP contribution in [0.15, 0.2) is 12.4 Å². The van der Waals surface area contributed by atoms with Crippen LogP contribution < -0.4 is 11.1 Å². The van der Waals surface area contributed by atoms with Crippen molar-refractivity contribution in [2.75, 3.05) is 18.2 Å². The number of anilines is 2. The number of hydrogen-bond acceptors (Lipinski definition) is 6. The van der Waals surface area contributed by atoms with E-state index in [0.29, 0.717) is 11.6 Å². The molecular formula is C8H12N4O2. The second-order valence-corrected chi connectivity index (χ2v) is 2.72. The monoisotopic (exact) mass is 196 g/mol. The Balaban J connectivity index is 2.64. The molecule has 6 nitrogen and oxygen atoms in total. The molecule has 1 atom stereocenters. The Bertz CT molecular complexity index is 329. The topological polar surface area (TPSA) is 90.1 Å². The summed E-state index contributed by atoms with van der Waals surface area (Å²) in [7, 11) is 1.32. The van der Waals surface area contributed by atoms with Crippen LogP contribution in [0.3, 0.4) is 0 Å². The van der Waals surface area contributed by atoms with Gasteiger partial charge in [0.15, 0.2) is 0 Å². The zero-order valence-electron chi connectivity index (χ0n) is 8.02. The molecule has 0 aliphatic carbocycles. The first-order valence-corrected chi connectivity index (χ1v) is 4.05. The molecule has 0 aliphatic heterocycles. The van der Waals surface area contributed by atoms with Crippen LogP contribution in [0.2, 0.25) is 0 Å². The summed E-state index contributed by atoms with van der Waals surface area (Å²) in [6, 6.07) is -0.476. The highest BCUT2D eigenvalue weighted by molar-refractivity contribution is 5.78. The fourth-order valence-corrected chi connectivity index (χ4v) is 0.908. The number of nitrogens with two attached hydrogens (primary N) is 1. The standard InChI is InChI=1S/C8H12N4O2/c1-5(8(13)14-2)11-7-4-10-3-6(9)12-7/h3-5H,1-2H3,(H3,9,11,12). The summed E-state index contributed by atoms with van der Waals surface area (Å²) in [4.78, 5) is 18.8. The van der Waals surface area contributed by atoms with Gasteiger partial charge in [0.1, 0.15) is 17.7 Å². The third-order valence-electron chi connectivity index (χ3n) is 1.57. The maximum Gasteiger partial charge on any atom is 0.328 e. The SMILES string of the molecule is COC(=O)C(C)Nc1cncc(N)n1. The number of aromatic nitrogens is 2. The zero-order valence-corrected chi connectivity index (χ0v) is 8.02. The van der Waals surface area contributed by atoms with E-state index < -0.39 is 6.04 Å². The normalized spacial score (nSPS) is 11.9. The molecule has 0 bridgehead atoms. The quantitative estimate of drug-likeness (QED) is 0.663. The number of ether oxygens (including phenoxy) is 1. The second-order valence-electron chi connectivity index (χ2n) is 2.72. The second kappa shape index (κ2) is 4.40.